The number of H-pyrrole nitrogens is 1. The molecule has 6 rings (SSSR count). The molecule has 1 N–H and O–H groups in total. The van der Waals surface area contributed by atoms with Gasteiger partial charge in [-0.1, -0.05) is 37.8 Å². The molecule has 5 heterocycles. The second-order valence-corrected chi connectivity index (χ2v) is 10.1. The maximum atomic E-state index is 13.4. The van der Waals surface area contributed by atoms with Gasteiger partial charge >= 0.3 is 0 Å². The lowest BCUT2D eigenvalue weighted by Crippen LogP contribution is -2.41. The summed E-state index contributed by atoms with van der Waals surface area (Å²) >= 11 is 1.53. The third-order valence-corrected chi connectivity index (χ3v) is 7.64. The molecule has 0 aliphatic carbocycles. The Balaban J connectivity index is 0.00000294. The molecular formula is C27H29F2N7OS. The number of hydrogen-bond acceptors (Lipinski definition) is 7. The molecule has 11 heteroatoms. The Bertz CT molecular complexity index is 1510. The largest absolute Gasteiger partial charge is 0.492 e. The van der Waals surface area contributed by atoms with Crippen LogP contribution in [-0.4, -0.2) is 66.8 Å². The fourth-order valence-electron chi connectivity index (χ4n) is 4.59. The lowest BCUT2D eigenvalue weighted by atomic mass is 10.1. The topological polar surface area (TPSA) is 84.2 Å². The predicted octanol–water partition coefficient (Wildman–Crippen LogP) is 5.96. The van der Waals surface area contributed by atoms with Crippen LogP contribution in [0.3, 0.4) is 0 Å². The van der Waals surface area contributed by atoms with Crippen LogP contribution in [0, 0.1) is 6.92 Å². The lowest BCUT2D eigenvalue weighted by molar-refractivity contribution is -0.0564. The van der Waals surface area contributed by atoms with E-state index >= 15 is 0 Å². The van der Waals surface area contributed by atoms with E-state index in [4.69, 9.17) is 9.72 Å². The average Bonchev–Trinajstić information content (AvgIpc) is 3.63. The number of likely N-dealkylation sites (tertiary alicyclic amines) is 1. The number of fused-ring (bicyclic) bond motifs is 1. The van der Waals surface area contributed by atoms with E-state index in [0.29, 0.717) is 37.8 Å². The molecular weight excluding hydrogens is 508 g/mol. The van der Waals surface area contributed by atoms with Gasteiger partial charge in [0, 0.05) is 50.3 Å². The number of alkyl halides is 2. The van der Waals surface area contributed by atoms with Crippen LogP contribution in [0.25, 0.3) is 38.0 Å². The van der Waals surface area contributed by atoms with E-state index in [-0.39, 0.29) is 20.3 Å². The number of nitrogens with one attached hydrogen (secondary N) is 1. The van der Waals surface area contributed by atoms with Gasteiger partial charge in [0.15, 0.2) is 5.82 Å². The Kier molecular flexibility index (Phi) is 7.22. The molecule has 0 unspecified atom stereocenters. The minimum Gasteiger partial charge on any atom is -0.492 e. The summed E-state index contributed by atoms with van der Waals surface area (Å²) in [4.78, 5) is 12.3. The molecule has 4 aromatic heterocycles. The minimum atomic E-state index is -2.54. The van der Waals surface area contributed by atoms with E-state index in [9.17, 15) is 8.78 Å². The standard InChI is InChI=1S/C26H25F2N7OS.CH4/c1-17-21(25-31-22(18-5-3-2-4-6-18)23(37-25)24-29-16-30-32-24)20-15-19(7-10-35(20)33-17)36-14-13-34-11-8-26(27,28)9-12-34;/h2-7,10,15-16H,8-9,11-14H2,1H3,(H,29,30,32);1H4. The molecule has 1 saturated heterocycles. The summed E-state index contributed by atoms with van der Waals surface area (Å²) in [6.45, 7) is 3.78. The van der Waals surface area contributed by atoms with Crippen LogP contribution in [0.5, 0.6) is 5.75 Å². The number of benzene rings is 1. The number of aryl methyl sites for hydroxylation is 1. The Morgan fingerprint density at radius 3 is 2.66 bits per heavy atom. The number of rotatable bonds is 7. The van der Waals surface area contributed by atoms with Gasteiger partial charge in [0.2, 0.25) is 0 Å². The molecule has 0 amide bonds. The molecule has 0 bridgehead atoms. The van der Waals surface area contributed by atoms with Crippen molar-refractivity contribution in [3.05, 3.63) is 60.7 Å². The van der Waals surface area contributed by atoms with E-state index in [1.54, 1.807) is 0 Å². The molecule has 0 atom stereocenters. The third-order valence-electron chi connectivity index (χ3n) is 6.56. The first-order chi connectivity index (χ1) is 18.0. The second kappa shape index (κ2) is 10.6. The molecule has 5 aromatic rings. The van der Waals surface area contributed by atoms with Gasteiger partial charge in [-0.15, -0.1) is 11.3 Å². The summed E-state index contributed by atoms with van der Waals surface area (Å²) in [7, 11) is 0. The van der Waals surface area contributed by atoms with E-state index in [1.807, 2.05) is 65.0 Å². The number of pyridine rings is 1. The van der Waals surface area contributed by atoms with Crippen molar-refractivity contribution in [2.75, 3.05) is 26.2 Å². The van der Waals surface area contributed by atoms with Crippen LogP contribution in [0.1, 0.15) is 26.0 Å². The third kappa shape index (κ3) is 5.16. The smallest absolute Gasteiger partial charge is 0.250 e. The highest BCUT2D eigenvalue weighted by Crippen LogP contribution is 2.41. The minimum absolute atomic E-state index is 0. The molecule has 1 fully saturated rings. The molecule has 1 aromatic carbocycles. The van der Waals surface area contributed by atoms with Gasteiger partial charge in [0.25, 0.3) is 5.92 Å². The van der Waals surface area contributed by atoms with E-state index in [1.165, 1.54) is 17.7 Å². The van der Waals surface area contributed by atoms with Gasteiger partial charge in [0.1, 0.15) is 23.7 Å². The van der Waals surface area contributed by atoms with Crippen molar-refractivity contribution in [3.63, 3.8) is 0 Å². The van der Waals surface area contributed by atoms with Gasteiger partial charge in [-0.2, -0.15) is 10.2 Å². The van der Waals surface area contributed by atoms with Crippen molar-refractivity contribution in [1.82, 2.24) is 34.7 Å². The normalized spacial score (nSPS) is 15.4. The summed E-state index contributed by atoms with van der Waals surface area (Å²) in [5.74, 6) is -1.18. The highest BCUT2D eigenvalue weighted by Gasteiger charge is 2.33. The van der Waals surface area contributed by atoms with Crippen molar-refractivity contribution in [1.29, 1.82) is 0 Å². The van der Waals surface area contributed by atoms with Crippen LogP contribution in [0.4, 0.5) is 8.78 Å². The van der Waals surface area contributed by atoms with Crippen LogP contribution in [-0.2, 0) is 0 Å². The molecule has 1 aliphatic rings. The van der Waals surface area contributed by atoms with Crippen molar-refractivity contribution in [3.8, 4) is 38.3 Å². The SMILES string of the molecule is C.Cc1nn2ccc(OCCN3CCC(F)(F)CC3)cc2c1-c1nc(-c2ccccc2)c(-c2ncn[nH]2)s1. The predicted molar refractivity (Wildman–Crippen MR) is 145 cm³/mol. The van der Waals surface area contributed by atoms with Crippen LogP contribution in [0.15, 0.2) is 55.0 Å². The van der Waals surface area contributed by atoms with E-state index in [0.717, 1.165) is 37.9 Å². The highest BCUT2D eigenvalue weighted by molar-refractivity contribution is 7.19. The molecule has 38 heavy (non-hydrogen) atoms. The molecule has 0 radical (unpaired) electrons. The molecule has 1 aliphatic heterocycles. The first kappa shape index (κ1) is 25.9. The lowest BCUT2D eigenvalue weighted by Gasteiger charge is -2.31. The summed E-state index contributed by atoms with van der Waals surface area (Å²) in [6, 6.07) is 13.8. The van der Waals surface area contributed by atoms with Crippen LogP contribution < -0.4 is 4.74 Å². The summed E-state index contributed by atoms with van der Waals surface area (Å²) in [6.07, 6.45) is 3.17. The summed E-state index contributed by atoms with van der Waals surface area (Å²) in [5.41, 5.74) is 4.48. The van der Waals surface area contributed by atoms with Gasteiger partial charge in [-0.3, -0.25) is 10.00 Å². The number of aromatic amines is 1. The number of halogens is 2. The van der Waals surface area contributed by atoms with Crippen molar-refractivity contribution in [2.45, 2.75) is 33.1 Å². The monoisotopic (exact) mass is 537 g/mol. The maximum absolute atomic E-state index is 13.4. The van der Waals surface area contributed by atoms with Crippen molar-refractivity contribution >= 4 is 16.9 Å². The second-order valence-electron chi connectivity index (χ2n) is 9.10. The average molecular weight is 538 g/mol. The Morgan fingerprint density at radius 2 is 1.92 bits per heavy atom. The number of aromatic nitrogens is 6. The Morgan fingerprint density at radius 1 is 1.13 bits per heavy atom. The van der Waals surface area contributed by atoms with Gasteiger partial charge in [0.05, 0.1) is 27.3 Å². The zero-order chi connectivity index (χ0) is 25.4. The van der Waals surface area contributed by atoms with Crippen LogP contribution in [0.2, 0.25) is 0 Å². The summed E-state index contributed by atoms with van der Waals surface area (Å²) < 4.78 is 34.7. The van der Waals surface area contributed by atoms with E-state index in [2.05, 4.69) is 20.3 Å². The fraction of sp³-hybridized carbons (Fsp3) is 0.333. The Labute approximate surface area is 223 Å². The fourth-order valence-corrected chi connectivity index (χ4v) is 5.73. The van der Waals surface area contributed by atoms with Crippen molar-refractivity contribution < 1.29 is 13.5 Å². The zero-order valence-electron chi connectivity index (χ0n) is 20.2. The first-order valence-electron chi connectivity index (χ1n) is 12.1. The zero-order valence-corrected chi connectivity index (χ0v) is 21.0. The molecule has 0 spiro atoms. The number of hydrogen-bond donors (Lipinski definition) is 1. The van der Waals surface area contributed by atoms with Crippen molar-refractivity contribution in [2.24, 2.45) is 0 Å². The van der Waals surface area contributed by atoms with Gasteiger partial charge in [-0.25, -0.2) is 23.3 Å². The highest BCUT2D eigenvalue weighted by atomic mass is 32.1. The number of ether oxygens (including phenoxy) is 1. The van der Waals surface area contributed by atoms with Crippen LogP contribution >= 0.6 is 11.3 Å². The Hall–Kier alpha value is -3.70. The van der Waals surface area contributed by atoms with Gasteiger partial charge < -0.3 is 4.74 Å². The molecule has 8 nitrogen and oxygen atoms in total. The maximum Gasteiger partial charge on any atom is 0.250 e. The quantitative estimate of drug-likeness (QED) is 0.276. The summed E-state index contributed by atoms with van der Waals surface area (Å²) in [5, 5.41) is 12.5. The van der Waals surface area contributed by atoms with Gasteiger partial charge in [-0.05, 0) is 13.0 Å². The first-order valence-corrected chi connectivity index (χ1v) is 12.9. The van der Waals surface area contributed by atoms with E-state index < -0.39 is 5.92 Å². The number of thiazole rings is 1. The number of piperidine rings is 1. The molecule has 0 saturated carbocycles. The number of nitrogens with zero attached hydrogens (tertiary/aromatic N) is 6. The molecule has 198 valence electrons.